The largest absolute Gasteiger partial charge is 0.384 e. The Morgan fingerprint density at radius 3 is 2.58 bits per heavy atom. The van der Waals surface area contributed by atoms with Gasteiger partial charge in [-0.05, 0) is 73.0 Å². The first-order valence-corrected chi connectivity index (χ1v) is 8.51. The topological polar surface area (TPSA) is 20.2 Å². The molecule has 96 valence electrons. The predicted molar refractivity (Wildman–Crippen MR) is 92.7 cm³/mol. The minimum absolute atomic E-state index is 0.569. The van der Waals surface area contributed by atoms with E-state index in [1.807, 2.05) is 41.8 Å². The molecular weight excluding hydrogens is 435 g/mol. The zero-order chi connectivity index (χ0) is 13.4. The number of hydrogen-bond acceptors (Lipinski definition) is 2. The molecule has 0 saturated heterocycles. The van der Waals surface area contributed by atoms with E-state index in [1.165, 1.54) is 8.27 Å². The summed E-state index contributed by atoms with van der Waals surface area (Å²) in [7, 11) is 0. The van der Waals surface area contributed by atoms with Crippen LogP contribution in [0.4, 0.5) is 0 Å². The fraction of sp³-hybridized carbons (Fsp3) is 0.0667. The fourth-order valence-electron chi connectivity index (χ4n) is 2.08. The molecule has 1 N–H and O–H groups in total. The molecule has 1 nitrogen and oxygen atoms in total. The van der Waals surface area contributed by atoms with E-state index in [0.717, 1.165) is 21.0 Å². The van der Waals surface area contributed by atoms with Crippen LogP contribution in [0.15, 0.2) is 52.3 Å². The minimum Gasteiger partial charge on any atom is -0.384 e. The van der Waals surface area contributed by atoms with Gasteiger partial charge in [-0.25, -0.2) is 0 Å². The van der Waals surface area contributed by atoms with E-state index in [9.17, 15) is 5.11 Å². The van der Waals surface area contributed by atoms with Crippen LogP contribution in [-0.2, 0) is 0 Å². The van der Waals surface area contributed by atoms with Gasteiger partial charge in [-0.1, -0.05) is 24.3 Å². The van der Waals surface area contributed by atoms with Crippen molar-refractivity contribution >= 4 is 59.9 Å². The van der Waals surface area contributed by atoms with Gasteiger partial charge in [-0.3, -0.25) is 0 Å². The number of thiophene rings is 1. The second-order valence-electron chi connectivity index (χ2n) is 4.26. The molecule has 1 atom stereocenters. The maximum absolute atomic E-state index is 10.5. The van der Waals surface area contributed by atoms with Crippen molar-refractivity contribution in [2.24, 2.45) is 0 Å². The Bertz CT molecular complexity index is 721. The lowest BCUT2D eigenvalue weighted by Crippen LogP contribution is -1.98. The molecule has 0 aliphatic rings. The monoisotopic (exact) mass is 444 g/mol. The predicted octanol–water partition coefficient (Wildman–Crippen LogP) is 5.35. The molecule has 1 aromatic heterocycles. The van der Waals surface area contributed by atoms with Crippen molar-refractivity contribution in [2.45, 2.75) is 6.10 Å². The summed E-state index contributed by atoms with van der Waals surface area (Å²) >= 11 is 7.48. The number of benzene rings is 2. The van der Waals surface area contributed by atoms with Crippen LogP contribution in [0, 0.1) is 3.57 Å². The standard InChI is InChI=1S/C15H10BrIOS/c16-13-3-1-2-11-12(8-19-15(11)13)14(18)9-4-6-10(17)7-5-9/h1-8,14,18H. The van der Waals surface area contributed by atoms with Crippen molar-refractivity contribution in [3.8, 4) is 0 Å². The molecule has 0 amide bonds. The third-order valence-electron chi connectivity index (χ3n) is 3.06. The number of halogens is 2. The smallest absolute Gasteiger partial charge is 0.105 e. The summed E-state index contributed by atoms with van der Waals surface area (Å²) in [4.78, 5) is 0. The van der Waals surface area contributed by atoms with Gasteiger partial charge in [0.2, 0.25) is 0 Å². The van der Waals surface area contributed by atoms with Crippen LogP contribution in [0.5, 0.6) is 0 Å². The van der Waals surface area contributed by atoms with E-state index < -0.39 is 6.10 Å². The molecule has 1 heterocycles. The average Bonchev–Trinajstić information content (AvgIpc) is 2.84. The Kier molecular flexibility index (Phi) is 3.93. The fourth-order valence-corrected chi connectivity index (χ4v) is 4.08. The SMILES string of the molecule is OC(c1ccc(I)cc1)c1csc2c(Br)cccc12. The lowest BCUT2D eigenvalue weighted by Gasteiger charge is -2.10. The van der Waals surface area contributed by atoms with Crippen molar-refractivity contribution < 1.29 is 5.11 Å². The molecule has 2 aromatic carbocycles. The van der Waals surface area contributed by atoms with Gasteiger partial charge in [0.15, 0.2) is 0 Å². The van der Waals surface area contributed by atoms with Crippen LogP contribution in [0.1, 0.15) is 17.2 Å². The van der Waals surface area contributed by atoms with Gasteiger partial charge in [0.05, 0.1) is 0 Å². The van der Waals surface area contributed by atoms with Gasteiger partial charge in [0.25, 0.3) is 0 Å². The van der Waals surface area contributed by atoms with Crippen LogP contribution in [0.2, 0.25) is 0 Å². The average molecular weight is 445 g/mol. The molecule has 19 heavy (non-hydrogen) atoms. The summed E-state index contributed by atoms with van der Waals surface area (Å²) < 4.78 is 3.43. The van der Waals surface area contributed by atoms with Gasteiger partial charge >= 0.3 is 0 Å². The van der Waals surface area contributed by atoms with E-state index in [-0.39, 0.29) is 0 Å². The van der Waals surface area contributed by atoms with Crippen molar-refractivity contribution in [3.05, 3.63) is 67.0 Å². The molecule has 0 aliphatic heterocycles. The number of aliphatic hydroxyl groups is 1. The minimum atomic E-state index is -0.569. The molecule has 3 rings (SSSR count). The third kappa shape index (κ3) is 2.59. The lowest BCUT2D eigenvalue weighted by molar-refractivity contribution is 0.222. The molecule has 0 fully saturated rings. The van der Waals surface area contributed by atoms with Gasteiger partial charge < -0.3 is 5.11 Å². The first-order chi connectivity index (χ1) is 9.16. The van der Waals surface area contributed by atoms with E-state index in [4.69, 9.17) is 0 Å². The summed E-state index contributed by atoms with van der Waals surface area (Å²) in [5.74, 6) is 0. The van der Waals surface area contributed by atoms with E-state index in [1.54, 1.807) is 11.3 Å². The summed E-state index contributed by atoms with van der Waals surface area (Å²) in [5.41, 5.74) is 1.91. The van der Waals surface area contributed by atoms with Crippen LogP contribution in [-0.4, -0.2) is 5.11 Å². The van der Waals surface area contributed by atoms with E-state index in [2.05, 4.69) is 44.6 Å². The Morgan fingerprint density at radius 1 is 1.11 bits per heavy atom. The summed E-state index contributed by atoms with van der Waals surface area (Å²) in [5, 5.41) is 13.7. The molecule has 0 radical (unpaired) electrons. The van der Waals surface area contributed by atoms with E-state index >= 15 is 0 Å². The quantitative estimate of drug-likeness (QED) is 0.528. The Morgan fingerprint density at radius 2 is 1.84 bits per heavy atom. The summed E-state index contributed by atoms with van der Waals surface area (Å²) in [6.07, 6.45) is -0.569. The van der Waals surface area contributed by atoms with Crippen LogP contribution in [0.3, 0.4) is 0 Å². The van der Waals surface area contributed by atoms with Gasteiger partial charge in [-0.2, -0.15) is 0 Å². The summed E-state index contributed by atoms with van der Waals surface area (Å²) in [6, 6.07) is 14.1. The molecule has 1 unspecified atom stereocenters. The number of rotatable bonds is 2. The lowest BCUT2D eigenvalue weighted by atomic mass is 10.0. The molecular formula is C15H10BrIOS. The maximum atomic E-state index is 10.5. The maximum Gasteiger partial charge on any atom is 0.105 e. The van der Waals surface area contributed by atoms with Gasteiger partial charge in [0, 0.05) is 18.3 Å². The Hall–Kier alpha value is -0.430. The van der Waals surface area contributed by atoms with E-state index in [0.29, 0.717) is 0 Å². The van der Waals surface area contributed by atoms with Crippen molar-refractivity contribution in [3.63, 3.8) is 0 Å². The molecule has 0 aliphatic carbocycles. The van der Waals surface area contributed by atoms with Crippen molar-refractivity contribution in [2.75, 3.05) is 0 Å². The van der Waals surface area contributed by atoms with Gasteiger partial charge in [0.1, 0.15) is 6.10 Å². The molecule has 0 bridgehead atoms. The first kappa shape index (κ1) is 13.5. The Balaban J connectivity index is 2.09. The molecule has 0 spiro atoms. The Labute approximate surface area is 137 Å². The highest BCUT2D eigenvalue weighted by Crippen LogP contribution is 2.37. The van der Waals surface area contributed by atoms with Crippen molar-refractivity contribution in [1.29, 1.82) is 0 Å². The molecule has 0 saturated carbocycles. The third-order valence-corrected chi connectivity index (χ3v) is 5.75. The summed E-state index contributed by atoms with van der Waals surface area (Å²) in [6.45, 7) is 0. The van der Waals surface area contributed by atoms with Crippen LogP contribution < -0.4 is 0 Å². The first-order valence-electron chi connectivity index (χ1n) is 5.76. The van der Waals surface area contributed by atoms with Crippen LogP contribution in [0.25, 0.3) is 10.1 Å². The second-order valence-corrected chi connectivity index (χ2v) is 7.24. The molecule has 4 heteroatoms. The number of aliphatic hydroxyl groups excluding tert-OH is 1. The molecule has 3 aromatic rings. The highest BCUT2D eigenvalue weighted by atomic mass is 127. The van der Waals surface area contributed by atoms with Crippen LogP contribution >= 0.6 is 49.9 Å². The van der Waals surface area contributed by atoms with Gasteiger partial charge in [-0.15, -0.1) is 11.3 Å². The highest BCUT2D eigenvalue weighted by Gasteiger charge is 2.16. The zero-order valence-electron chi connectivity index (χ0n) is 9.81. The number of fused-ring (bicyclic) bond motifs is 1. The van der Waals surface area contributed by atoms with Crippen molar-refractivity contribution in [1.82, 2.24) is 0 Å². The normalized spacial score (nSPS) is 12.8. The second kappa shape index (κ2) is 5.52. The number of hydrogen-bond donors (Lipinski definition) is 1. The highest BCUT2D eigenvalue weighted by molar-refractivity contribution is 14.1. The zero-order valence-corrected chi connectivity index (χ0v) is 14.4.